The summed E-state index contributed by atoms with van der Waals surface area (Å²) in [4.78, 5) is 2.42. The molecule has 4 nitrogen and oxygen atoms in total. The van der Waals surface area contributed by atoms with Crippen LogP contribution in [0.25, 0.3) is 71.5 Å². The lowest BCUT2D eigenvalue weighted by Crippen LogP contribution is -2.40. The van der Waals surface area contributed by atoms with E-state index in [-0.39, 0.29) is 10.8 Å². The van der Waals surface area contributed by atoms with E-state index in [4.69, 9.17) is 8.83 Å². The number of aryl methyl sites for hydroxylation is 2. The Balaban J connectivity index is 1.15. The Morgan fingerprint density at radius 1 is 0.485 bits per heavy atom. The summed E-state index contributed by atoms with van der Waals surface area (Å²) in [5.41, 5.74) is 14.3. The van der Waals surface area contributed by atoms with Crippen molar-refractivity contribution in [1.29, 1.82) is 0 Å². The Hall–Kier alpha value is -7.30. The van der Waals surface area contributed by atoms with Crippen molar-refractivity contribution in [1.82, 2.24) is 0 Å². The van der Waals surface area contributed by atoms with Crippen LogP contribution >= 0.6 is 0 Å². The number of furan rings is 2. The third-order valence-electron chi connectivity index (χ3n) is 14.2. The van der Waals surface area contributed by atoms with Gasteiger partial charge in [0.25, 0.3) is 0 Å². The standard InChI is InChI=1S/C62H54N2O2/c1-37-15-9-17-41(35-37)63-62(51-25-13-21-44-43-19-11-23-49(60(3,4)5)56(43)65-58(44)51)34-33-40-27-30-47-52(32-29-39-28-31-48(62)55(40)54(39)47)64(42-18-10-16-38(2)36-42)53-26-14-22-46-45-20-12-24-50(61(6,7)8)57(45)66-59(46)53/h9-33,35-36,63H,34H2,1-8H3. The van der Waals surface area contributed by atoms with Crippen molar-refractivity contribution >= 4 is 94.2 Å². The zero-order valence-electron chi connectivity index (χ0n) is 39.1. The van der Waals surface area contributed by atoms with Crippen molar-refractivity contribution < 1.29 is 8.83 Å². The number of para-hydroxylation sites is 4. The third-order valence-corrected chi connectivity index (χ3v) is 14.2. The second-order valence-corrected chi connectivity index (χ2v) is 20.8. The molecule has 324 valence electrons. The fourth-order valence-corrected chi connectivity index (χ4v) is 11.2. The maximum atomic E-state index is 7.20. The average Bonchev–Trinajstić information content (AvgIpc) is 3.88. The summed E-state index contributed by atoms with van der Waals surface area (Å²) in [5, 5.41) is 14.9. The summed E-state index contributed by atoms with van der Waals surface area (Å²) in [5.74, 6) is 0. The minimum atomic E-state index is -0.671. The zero-order valence-corrected chi connectivity index (χ0v) is 39.1. The maximum absolute atomic E-state index is 7.20. The molecule has 0 aliphatic heterocycles. The quantitative estimate of drug-likeness (QED) is 0.181. The number of rotatable bonds is 6. The number of nitrogens with one attached hydrogen (secondary N) is 1. The lowest BCUT2D eigenvalue weighted by atomic mass is 9.73. The van der Waals surface area contributed by atoms with Crippen LogP contribution in [0, 0.1) is 13.8 Å². The minimum Gasteiger partial charge on any atom is -0.455 e. The van der Waals surface area contributed by atoms with Crippen LogP contribution < -0.4 is 15.4 Å². The Kier molecular flexibility index (Phi) is 8.75. The van der Waals surface area contributed by atoms with Gasteiger partial charge in [-0.3, -0.25) is 0 Å². The van der Waals surface area contributed by atoms with Crippen LogP contribution in [-0.2, 0) is 16.4 Å². The summed E-state index contributed by atoms with van der Waals surface area (Å²) < 4.78 is 14.3. The molecule has 0 amide bonds. The molecule has 0 spiro atoms. The fraction of sp³-hybridized carbons (Fsp3) is 0.194. The molecule has 0 fully saturated rings. The van der Waals surface area contributed by atoms with Crippen molar-refractivity contribution in [2.45, 2.75) is 78.2 Å². The zero-order chi connectivity index (χ0) is 45.3. The van der Waals surface area contributed by atoms with Crippen molar-refractivity contribution in [3.63, 3.8) is 0 Å². The van der Waals surface area contributed by atoms with Crippen LogP contribution in [0.4, 0.5) is 22.7 Å². The molecular formula is C62H54N2O2. The summed E-state index contributed by atoms with van der Waals surface area (Å²) in [6.45, 7) is 17.9. The van der Waals surface area contributed by atoms with Crippen LogP contribution in [0.15, 0.2) is 167 Å². The summed E-state index contributed by atoms with van der Waals surface area (Å²) >= 11 is 0. The Morgan fingerprint density at radius 2 is 1.08 bits per heavy atom. The fourth-order valence-electron chi connectivity index (χ4n) is 11.2. The molecule has 0 saturated carbocycles. The van der Waals surface area contributed by atoms with Gasteiger partial charge in [-0.25, -0.2) is 0 Å². The third kappa shape index (κ3) is 6.04. The molecular weight excluding hydrogens is 805 g/mol. The van der Waals surface area contributed by atoms with E-state index < -0.39 is 5.54 Å². The highest BCUT2D eigenvalue weighted by Crippen LogP contribution is 2.51. The Bertz CT molecular complexity index is 3830. The molecule has 0 bridgehead atoms. The first-order valence-electron chi connectivity index (χ1n) is 23.4. The molecule has 1 aliphatic carbocycles. The number of hydrogen-bond acceptors (Lipinski definition) is 4. The molecule has 1 N–H and O–H groups in total. The summed E-state index contributed by atoms with van der Waals surface area (Å²) in [6, 6.07) is 58.1. The molecule has 11 aromatic rings. The Labute approximate surface area is 386 Å². The van der Waals surface area contributed by atoms with Crippen LogP contribution in [0.1, 0.15) is 81.3 Å². The number of benzene rings is 9. The molecule has 1 aliphatic rings. The van der Waals surface area contributed by atoms with Crippen molar-refractivity contribution in [2.75, 3.05) is 10.2 Å². The lowest BCUT2D eigenvalue weighted by Gasteiger charge is -2.39. The van der Waals surface area contributed by atoms with Gasteiger partial charge in [0.15, 0.2) is 5.58 Å². The molecule has 9 aromatic carbocycles. The molecule has 2 aromatic heterocycles. The van der Waals surface area contributed by atoms with E-state index in [1.165, 1.54) is 54.6 Å². The van der Waals surface area contributed by atoms with Crippen LogP contribution in [0.2, 0.25) is 0 Å². The number of fused-ring (bicyclic) bond motifs is 6. The van der Waals surface area contributed by atoms with E-state index in [0.717, 1.165) is 78.6 Å². The molecule has 1 unspecified atom stereocenters. The smallest absolute Gasteiger partial charge is 0.159 e. The van der Waals surface area contributed by atoms with Gasteiger partial charge in [0.05, 0.1) is 16.9 Å². The largest absolute Gasteiger partial charge is 0.455 e. The van der Waals surface area contributed by atoms with Gasteiger partial charge < -0.3 is 19.1 Å². The molecule has 0 radical (unpaired) electrons. The monoisotopic (exact) mass is 858 g/mol. The maximum Gasteiger partial charge on any atom is 0.159 e. The van der Waals surface area contributed by atoms with Gasteiger partial charge in [0.1, 0.15) is 16.7 Å². The van der Waals surface area contributed by atoms with Crippen molar-refractivity contribution in [3.05, 3.63) is 196 Å². The van der Waals surface area contributed by atoms with E-state index in [1.54, 1.807) is 0 Å². The van der Waals surface area contributed by atoms with Gasteiger partial charge >= 0.3 is 0 Å². The van der Waals surface area contributed by atoms with Crippen molar-refractivity contribution in [2.24, 2.45) is 0 Å². The molecule has 0 saturated heterocycles. The topological polar surface area (TPSA) is 41.6 Å². The second kappa shape index (κ2) is 14.3. The van der Waals surface area contributed by atoms with Gasteiger partial charge in [-0.15, -0.1) is 0 Å². The molecule has 2 heterocycles. The van der Waals surface area contributed by atoms with E-state index in [2.05, 4.69) is 229 Å². The first-order chi connectivity index (χ1) is 31.8. The van der Waals surface area contributed by atoms with Crippen LogP contribution in [-0.4, -0.2) is 0 Å². The molecule has 66 heavy (non-hydrogen) atoms. The second-order valence-electron chi connectivity index (χ2n) is 20.8. The first kappa shape index (κ1) is 40.2. The number of anilines is 4. The highest BCUT2D eigenvalue weighted by atomic mass is 16.3. The molecule has 1 atom stereocenters. The van der Waals surface area contributed by atoms with Gasteiger partial charge in [-0.2, -0.15) is 0 Å². The highest BCUT2D eigenvalue weighted by Gasteiger charge is 2.40. The number of nitrogens with zero attached hydrogens (tertiary/aromatic N) is 1. The highest BCUT2D eigenvalue weighted by molar-refractivity contribution is 6.19. The van der Waals surface area contributed by atoms with Gasteiger partial charge in [-0.05, 0) is 106 Å². The van der Waals surface area contributed by atoms with Gasteiger partial charge in [-0.1, -0.05) is 169 Å². The predicted octanol–water partition coefficient (Wildman–Crippen LogP) is 16.7. The van der Waals surface area contributed by atoms with Crippen LogP contribution in [0.3, 0.4) is 0 Å². The number of hydrogen-bond donors (Lipinski definition) is 1. The molecule has 4 heteroatoms. The van der Waals surface area contributed by atoms with E-state index in [9.17, 15) is 0 Å². The first-order valence-corrected chi connectivity index (χ1v) is 23.4. The average molecular weight is 859 g/mol. The van der Waals surface area contributed by atoms with Crippen LogP contribution in [0.5, 0.6) is 0 Å². The predicted molar refractivity (Wildman–Crippen MR) is 279 cm³/mol. The minimum absolute atomic E-state index is 0.0872. The summed E-state index contributed by atoms with van der Waals surface area (Å²) in [6.07, 6.45) is 3.18. The van der Waals surface area contributed by atoms with Gasteiger partial charge in [0, 0.05) is 55.0 Å². The van der Waals surface area contributed by atoms with Crippen molar-refractivity contribution in [3.8, 4) is 0 Å². The van der Waals surface area contributed by atoms with E-state index in [0.29, 0.717) is 0 Å². The lowest BCUT2D eigenvalue weighted by molar-refractivity contribution is 0.563. The van der Waals surface area contributed by atoms with Gasteiger partial charge in [0.2, 0.25) is 0 Å². The molecule has 12 rings (SSSR count). The summed E-state index contributed by atoms with van der Waals surface area (Å²) in [7, 11) is 0. The normalized spacial score (nSPS) is 15.4. The van der Waals surface area contributed by atoms with E-state index in [1.807, 2.05) is 0 Å². The SMILES string of the molecule is Cc1cccc(NC2(c3cccc4c3oc3c(C(C)(C)C)cccc34)CC=c3ccc4c(N(c5cccc(C)c5)c5cccc6c5oc5c(C(C)(C)C)cccc56)ccc5ccc2c3c54)c1. The Morgan fingerprint density at radius 3 is 1.76 bits per heavy atom. The van der Waals surface area contributed by atoms with E-state index >= 15 is 0 Å².